The number of carbonyl (C=O) groups excluding carboxylic acids is 1. The van der Waals surface area contributed by atoms with Gasteiger partial charge in [-0.05, 0) is 30.9 Å². The predicted octanol–water partition coefficient (Wildman–Crippen LogP) is 4.14. The van der Waals surface area contributed by atoms with Crippen LogP contribution in [0.5, 0.6) is 0 Å². The summed E-state index contributed by atoms with van der Waals surface area (Å²) in [6, 6.07) is 9.15. The molecule has 0 aliphatic heterocycles. The fraction of sp³-hybridized carbons (Fsp3) is 0.412. The van der Waals surface area contributed by atoms with Crippen molar-refractivity contribution >= 4 is 22.7 Å². The topological polar surface area (TPSA) is 67.5 Å². The van der Waals surface area contributed by atoms with Gasteiger partial charge in [-0.15, -0.1) is 0 Å². The quantitative estimate of drug-likeness (QED) is 0.777. The third kappa shape index (κ3) is 3.94. The molecule has 1 heterocycles. The Morgan fingerprint density at radius 2 is 1.95 bits per heavy atom. The van der Waals surface area contributed by atoms with Gasteiger partial charge >= 0.3 is 5.97 Å². The molecule has 0 unspecified atom stereocenters. The summed E-state index contributed by atoms with van der Waals surface area (Å²) >= 11 is 0. The molecule has 1 N–H and O–H groups in total. The Morgan fingerprint density at radius 3 is 2.57 bits per heavy atom. The Bertz CT molecular complexity index is 606. The van der Waals surface area contributed by atoms with Crippen LogP contribution in [0, 0.1) is 11.8 Å². The zero-order chi connectivity index (χ0) is 15.4. The molecule has 0 amide bonds. The van der Waals surface area contributed by atoms with Crippen molar-refractivity contribution in [3.8, 4) is 0 Å². The number of carbonyl (C=O) groups is 2. The van der Waals surface area contributed by atoms with E-state index in [0.29, 0.717) is 30.1 Å². The molecule has 2 rings (SSSR count). The van der Waals surface area contributed by atoms with Gasteiger partial charge in [-0.2, -0.15) is 0 Å². The van der Waals surface area contributed by atoms with Crippen LogP contribution >= 0.6 is 0 Å². The summed E-state index contributed by atoms with van der Waals surface area (Å²) in [5.41, 5.74) is 0.679. The van der Waals surface area contributed by atoms with Crippen molar-refractivity contribution in [3.05, 3.63) is 36.1 Å². The van der Waals surface area contributed by atoms with Gasteiger partial charge in [0.25, 0.3) is 0 Å². The lowest BCUT2D eigenvalue weighted by atomic mass is 9.92. The van der Waals surface area contributed by atoms with Gasteiger partial charge < -0.3 is 9.52 Å². The van der Waals surface area contributed by atoms with E-state index in [1.54, 1.807) is 6.07 Å². The number of hydrogen-bond donors (Lipinski definition) is 1. The van der Waals surface area contributed by atoms with Crippen molar-refractivity contribution in [2.24, 2.45) is 11.8 Å². The molecule has 4 nitrogen and oxygen atoms in total. The van der Waals surface area contributed by atoms with Gasteiger partial charge in [-0.3, -0.25) is 9.59 Å². The molecule has 0 saturated carbocycles. The summed E-state index contributed by atoms with van der Waals surface area (Å²) < 4.78 is 5.51. The molecule has 1 aromatic carbocycles. The third-order valence-electron chi connectivity index (χ3n) is 3.53. The number of fused-ring (bicyclic) bond motifs is 1. The first-order chi connectivity index (χ1) is 9.97. The summed E-state index contributed by atoms with van der Waals surface area (Å²) in [6.45, 7) is 3.97. The number of Topliss-reactive ketones (excluding diaryl/α,β-unsaturated/α-hetero) is 1. The Morgan fingerprint density at radius 1 is 1.24 bits per heavy atom. The van der Waals surface area contributed by atoms with Crippen LogP contribution < -0.4 is 0 Å². The van der Waals surface area contributed by atoms with Crippen LogP contribution in [0.1, 0.15) is 43.7 Å². The van der Waals surface area contributed by atoms with Crippen LogP contribution in [0.3, 0.4) is 0 Å². The van der Waals surface area contributed by atoms with E-state index in [-0.39, 0.29) is 12.2 Å². The van der Waals surface area contributed by atoms with Crippen molar-refractivity contribution in [1.82, 2.24) is 0 Å². The van der Waals surface area contributed by atoms with E-state index in [1.165, 1.54) is 0 Å². The predicted molar refractivity (Wildman–Crippen MR) is 80.4 cm³/mol. The van der Waals surface area contributed by atoms with Gasteiger partial charge in [0.1, 0.15) is 5.58 Å². The molecular weight excluding hydrogens is 268 g/mol. The van der Waals surface area contributed by atoms with Crippen LogP contribution in [0.25, 0.3) is 11.0 Å². The van der Waals surface area contributed by atoms with Crippen LogP contribution in [-0.2, 0) is 4.79 Å². The van der Waals surface area contributed by atoms with Crippen LogP contribution in [0.2, 0.25) is 0 Å². The summed E-state index contributed by atoms with van der Waals surface area (Å²) in [4.78, 5) is 23.3. The maximum absolute atomic E-state index is 12.1. The largest absolute Gasteiger partial charge is 0.481 e. The summed E-state index contributed by atoms with van der Waals surface area (Å²) in [6.07, 6.45) is 1.13. The highest BCUT2D eigenvalue weighted by molar-refractivity contribution is 5.97. The van der Waals surface area contributed by atoms with E-state index in [4.69, 9.17) is 4.42 Å². The minimum atomic E-state index is -0.832. The number of carboxylic acid groups (broad SMARTS) is 1. The first kappa shape index (κ1) is 15.3. The van der Waals surface area contributed by atoms with Gasteiger partial charge in [-0.25, -0.2) is 0 Å². The molecule has 4 heteroatoms. The fourth-order valence-electron chi connectivity index (χ4n) is 2.46. The fourth-order valence-corrected chi connectivity index (χ4v) is 2.46. The first-order valence-electron chi connectivity index (χ1n) is 7.22. The molecule has 21 heavy (non-hydrogen) atoms. The molecule has 112 valence electrons. The molecule has 0 radical (unpaired) electrons. The minimum absolute atomic E-state index is 0.138. The van der Waals surface area contributed by atoms with E-state index >= 15 is 0 Å². The molecule has 0 bridgehead atoms. The summed E-state index contributed by atoms with van der Waals surface area (Å²) in [7, 11) is 0. The number of aliphatic carboxylic acids is 1. The minimum Gasteiger partial charge on any atom is -0.481 e. The number of carboxylic acids is 1. The second-order valence-electron chi connectivity index (χ2n) is 5.78. The molecule has 1 aromatic heterocycles. The highest BCUT2D eigenvalue weighted by atomic mass is 16.4. The lowest BCUT2D eigenvalue weighted by molar-refractivity contribution is -0.142. The molecule has 0 saturated heterocycles. The Kier molecular flexibility index (Phi) is 4.78. The van der Waals surface area contributed by atoms with Gasteiger partial charge in [0.2, 0.25) is 0 Å². The maximum atomic E-state index is 12.1. The number of rotatable bonds is 7. The molecule has 0 aliphatic rings. The van der Waals surface area contributed by atoms with Crippen molar-refractivity contribution in [2.45, 2.75) is 33.1 Å². The van der Waals surface area contributed by atoms with Crippen molar-refractivity contribution in [3.63, 3.8) is 0 Å². The highest BCUT2D eigenvalue weighted by Crippen LogP contribution is 2.23. The molecule has 2 aromatic rings. The summed E-state index contributed by atoms with van der Waals surface area (Å²) in [5.74, 6) is -0.835. The Labute approximate surface area is 123 Å². The zero-order valence-corrected chi connectivity index (χ0v) is 12.3. The van der Waals surface area contributed by atoms with Gasteiger partial charge in [0, 0.05) is 11.8 Å². The third-order valence-corrected chi connectivity index (χ3v) is 3.53. The van der Waals surface area contributed by atoms with Gasteiger partial charge in [0.15, 0.2) is 11.5 Å². The SMILES string of the molecule is CC(C)C[C@H](CCC(=O)c1cc2ccccc2o1)C(=O)O. The van der Waals surface area contributed by atoms with E-state index < -0.39 is 11.9 Å². The Hall–Kier alpha value is -2.10. The van der Waals surface area contributed by atoms with Crippen LogP contribution in [0.4, 0.5) is 0 Å². The zero-order valence-electron chi connectivity index (χ0n) is 12.3. The van der Waals surface area contributed by atoms with Crippen molar-refractivity contribution in [2.75, 3.05) is 0 Å². The van der Waals surface area contributed by atoms with E-state index in [2.05, 4.69) is 0 Å². The maximum Gasteiger partial charge on any atom is 0.306 e. The lowest BCUT2D eigenvalue weighted by Gasteiger charge is -2.13. The number of furan rings is 1. The molecule has 0 spiro atoms. The first-order valence-corrected chi connectivity index (χ1v) is 7.22. The average Bonchev–Trinajstić information content (AvgIpc) is 2.86. The van der Waals surface area contributed by atoms with Crippen LogP contribution in [-0.4, -0.2) is 16.9 Å². The second kappa shape index (κ2) is 6.57. The normalized spacial score (nSPS) is 12.7. The highest BCUT2D eigenvalue weighted by Gasteiger charge is 2.21. The standard InChI is InChI=1S/C17H20O4/c1-11(2)9-13(17(19)20)7-8-14(18)16-10-12-5-3-4-6-15(12)21-16/h3-6,10-11,13H,7-9H2,1-2H3,(H,19,20)/t13-/m0/s1. The van der Waals surface area contributed by atoms with Crippen LogP contribution in [0.15, 0.2) is 34.7 Å². The van der Waals surface area contributed by atoms with E-state index in [1.807, 2.05) is 38.1 Å². The average molecular weight is 288 g/mol. The van der Waals surface area contributed by atoms with Gasteiger partial charge in [-0.1, -0.05) is 32.0 Å². The molecule has 1 atom stereocenters. The van der Waals surface area contributed by atoms with E-state index in [9.17, 15) is 14.7 Å². The lowest BCUT2D eigenvalue weighted by Crippen LogP contribution is -2.17. The number of hydrogen-bond acceptors (Lipinski definition) is 3. The summed E-state index contributed by atoms with van der Waals surface area (Å²) in [5, 5.41) is 10.1. The Balaban J connectivity index is 2.01. The van der Waals surface area contributed by atoms with E-state index in [0.717, 1.165) is 5.39 Å². The number of benzene rings is 1. The monoisotopic (exact) mass is 288 g/mol. The van der Waals surface area contributed by atoms with Crippen molar-refractivity contribution in [1.29, 1.82) is 0 Å². The number of ketones is 1. The smallest absolute Gasteiger partial charge is 0.306 e. The molecule has 0 fully saturated rings. The molecule has 0 aliphatic carbocycles. The number of para-hydroxylation sites is 1. The molecular formula is C17H20O4. The van der Waals surface area contributed by atoms with Crippen molar-refractivity contribution < 1.29 is 19.1 Å². The van der Waals surface area contributed by atoms with Gasteiger partial charge in [0.05, 0.1) is 5.92 Å². The second-order valence-corrected chi connectivity index (χ2v) is 5.78.